The zero-order chi connectivity index (χ0) is 17.9. The fourth-order valence-electron chi connectivity index (χ4n) is 3.12. The minimum atomic E-state index is -0.842. The molecule has 132 valence electrons. The average Bonchev–Trinajstić information content (AvgIpc) is 2.54. The van der Waals surface area contributed by atoms with Gasteiger partial charge in [0.15, 0.2) is 5.78 Å². The number of hydrogen-bond donors (Lipinski definition) is 1. The van der Waals surface area contributed by atoms with Crippen molar-refractivity contribution >= 4 is 17.4 Å². The van der Waals surface area contributed by atoms with Crippen LogP contribution in [0.15, 0.2) is 18.2 Å². The number of nitrogens with two attached hydrogens (primary N) is 1. The van der Waals surface area contributed by atoms with Crippen molar-refractivity contribution in [3.05, 3.63) is 29.6 Å². The van der Waals surface area contributed by atoms with E-state index in [0.29, 0.717) is 43.9 Å². The maximum atomic E-state index is 14.2. The molecule has 1 saturated heterocycles. The van der Waals surface area contributed by atoms with E-state index in [4.69, 9.17) is 5.73 Å². The van der Waals surface area contributed by atoms with Gasteiger partial charge in [0, 0.05) is 31.7 Å². The maximum absolute atomic E-state index is 14.2. The predicted octanol–water partition coefficient (Wildman–Crippen LogP) is 2.19. The Kier molecular flexibility index (Phi) is 5.59. The van der Waals surface area contributed by atoms with Crippen LogP contribution in [0.2, 0.25) is 0 Å². The van der Waals surface area contributed by atoms with Crippen molar-refractivity contribution in [1.29, 1.82) is 0 Å². The first kappa shape index (κ1) is 18.4. The van der Waals surface area contributed by atoms with E-state index in [-0.39, 0.29) is 11.7 Å². The number of ketones is 1. The summed E-state index contributed by atoms with van der Waals surface area (Å²) in [5.41, 5.74) is 6.11. The Bertz CT molecular complexity index is 623. The van der Waals surface area contributed by atoms with Crippen LogP contribution in [-0.4, -0.2) is 48.3 Å². The molecule has 2 N–H and O–H groups in total. The Morgan fingerprint density at radius 3 is 2.38 bits per heavy atom. The fraction of sp³-hybridized carbons (Fsp3) is 0.556. The van der Waals surface area contributed by atoms with Gasteiger partial charge in [-0.15, -0.1) is 0 Å². The largest absolute Gasteiger partial charge is 0.366 e. The SMILES string of the molecule is CCCC(C)(N)C(=O)N1CCN(c2ccc(C(C)=O)cc2F)CC1. The van der Waals surface area contributed by atoms with E-state index in [0.717, 1.165) is 6.42 Å². The summed E-state index contributed by atoms with van der Waals surface area (Å²) in [7, 11) is 0. The zero-order valence-corrected chi connectivity index (χ0v) is 14.6. The Balaban J connectivity index is 2.03. The van der Waals surface area contributed by atoms with Crippen molar-refractivity contribution in [1.82, 2.24) is 4.90 Å². The Labute approximate surface area is 142 Å². The van der Waals surface area contributed by atoms with Crippen molar-refractivity contribution in [3.8, 4) is 0 Å². The van der Waals surface area contributed by atoms with Gasteiger partial charge in [-0.1, -0.05) is 13.3 Å². The molecule has 0 saturated carbocycles. The summed E-state index contributed by atoms with van der Waals surface area (Å²) in [5, 5.41) is 0. The number of halogens is 1. The van der Waals surface area contributed by atoms with Crippen molar-refractivity contribution in [2.75, 3.05) is 31.1 Å². The first-order valence-electron chi connectivity index (χ1n) is 8.40. The molecular formula is C18H26FN3O2. The molecule has 0 aromatic heterocycles. The van der Waals surface area contributed by atoms with Crippen molar-refractivity contribution < 1.29 is 14.0 Å². The second-order valence-corrected chi connectivity index (χ2v) is 6.67. The molecule has 0 bridgehead atoms. The van der Waals surface area contributed by atoms with E-state index in [2.05, 4.69) is 0 Å². The molecule has 1 unspecified atom stereocenters. The summed E-state index contributed by atoms with van der Waals surface area (Å²) >= 11 is 0. The maximum Gasteiger partial charge on any atom is 0.242 e. The summed E-state index contributed by atoms with van der Waals surface area (Å²) in [4.78, 5) is 27.5. The molecule has 0 spiro atoms. The van der Waals surface area contributed by atoms with Crippen molar-refractivity contribution in [2.45, 2.75) is 39.2 Å². The number of benzene rings is 1. The first-order chi connectivity index (χ1) is 11.3. The molecule has 2 rings (SSSR count). The van der Waals surface area contributed by atoms with E-state index in [1.165, 1.54) is 13.0 Å². The van der Waals surface area contributed by atoms with Gasteiger partial charge in [0.1, 0.15) is 5.82 Å². The number of Topliss-reactive ketones (excluding diaryl/α,β-unsaturated/α-hetero) is 1. The molecular weight excluding hydrogens is 309 g/mol. The molecule has 0 radical (unpaired) electrons. The lowest BCUT2D eigenvalue weighted by molar-refractivity contribution is -0.137. The fourth-order valence-corrected chi connectivity index (χ4v) is 3.12. The third-order valence-corrected chi connectivity index (χ3v) is 4.52. The highest BCUT2D eigenvalue weighted by atomic mass is 19.1. The smallest absolute Gasteiger partial charge is 0.242 e. The Morgan fingerprint density at radius 2 is 1.88 bits per heavy atom. The number of anilines is 1. The number of amides is 1. The van der Waals surface area contributed by atoms with Crippen LogP contribution in [0.4, 0.5) is 10.1 Å². The van der Waals surface area contributed by atoms with Gasteiger partial charge >= 0.3 is 0 Å². The zero-order valence-electron chi connectivity index (χ0n) is 14.6. The van der Waals surface area contributed by atoms with Gasteiger partial charge in [0.25, 0.3) is 0 Å². The number of carbonyl (C=O) groups is 2. The normalized spacial score (nSPS) is 17.5. The summed E-state index contributed by atoms with van der Waals surface area (Å²) in [6, 6.07) is 4.54. The van der Waals surface area contributed by atoms with Gasteiger partial charge < -0.3 is 15.5 Å². The molecule has 1 fully saturated rings. The topological polar surface area (TPSA) is 66.6 Å². The molecule has 1 atom stereocenters. The standard InChI is InChI=1S/C18H26FN3O2/c1-4-7-18(3,20)17(24)22-10-8-21(9-11-22)16-6-5-14(13(2)23)12-15(16)19/h5-6,12H,4,7-11,20H2,1-3H3. The van der Waals surface area contributed by atoms with Gasteiger partial charge in [-0.2, -0.15) is 0 Å². The van der Waals surface area contributed by atoms with Gasteiger partial charge in [-0.05, 0) is 38.5 Å². The highest BCUT2D eigenvalue weighted by Gasteiger charge is 2.33. The number of hydrogen-bond acceptors (Lipinski definition) is 4. The minimum absolute atomic E-state index is 0.0450. The van der Waals surface area contributed by atoms with E-state index in [1.807, 2.05) is 11.8 Å². The summed E-state index contributed by atoms with van der Waals surface area (Å²) < 4.78 is 14.2. The molecule has 6 heteroatoms. The van der Waals surface area contributed by atoms with Gasteiger partial charge in [0.2, 0.25) is 5.91 Å². The van der Waals surface area contributed by atoms with Crippen LogP contribution in [0.25, 0.3) is 0 Å². The van der Waals surface area contributed by atoms with Crippen LogP contribution in [0.1, 0.15) is 44.0 Å². The Hall–Kier alpha value is -1.95. The predicted molar refractivity (Wildman–Crippen MR) is 92.7 cm³/mol. The third-order valence-electron chi connectivity index (χ3n) is 4.52. The highest BCUT2D eigenvalue weighted by molar-refractivity contribution is 5.94. The molecule has 5 nitrogen and oxygen atoms in total. The van der Waals surface area contributed by atoms with Crippen LogP contribution >= 0.6 is 0 Å². The number of piperazine rings is 1. The average molecular weight is 335 g/mol. The van der Waals surface area contributed by atoms with Crippen LogP contribution in [0.5, 0.6) is 0 Å². The second kappa shape index (κ2) is 7.30. The van der Waals surface area contributed by atoms with E-state index in [9.17, 15) is 14.0 Å². The van der Waals surface area contributed by atoms with Gasteiger partial charge in [-0.3, -0.25) is 9.59 Å². The second-order valence-electron chi connectivity index (χ2n) is 6.67. The third kappa shape index (κ3) is 3.93. The summed E-state index contributed by atoms with van der Waals surface area (Å²) in [6.07, 6.45) is 1.50. The van der Waals surface area contributed by atoms with Crippen molar-refractivity contribution in [2.24, 2.45) is 5.73 Å². The lowest BCUT2D eigenvalue weighted by atomic mass is 9.95. The number of rotatable bonds is 5. The molecule has 1 amide bonds. The number of carbonyl (C=O) groups excluding carboxylic acids is 2. The minimum Gasteiger partial charge on any atom is -0.366 e. The van der Waals surface area contributed by atoms with Crippen LogP contribution in [-0.2, 0) is 4.79 Å². The van der Waals surface area contributed by atoms with Gasteiger partial charge in [-0.25, -0.2) is 4.39 Å². The molecule has 0 aliphatic carbocycles. The molecule has 1 aliphatic rings. The van der Waals surface area contributed by atoms with E-state index >= 15 is 0 Å². The van der Waals surface area contributed by atoms with Crippen molar-refractivity contribution in [3.63, 3.8) is 0 Å². The lowest BCUT2D eigenvalue weighted by Gasteiger charge is -2.39. The molecule has 1 aromatic carbocycles. The van der Waals surface area contributed by atoms with E-state index < -0.39 is 11.4 Å². The first-order valence-corrected chi connectivity index (χ1v) is 8.40. The molecule has 1 aliphatic heterocycles. The lowest BCUT2D eigenvalue weighted by Crippen LogP contribution is -2.58. The monoisotopic (exact) mass is 335 g/mol. The van der Waals surface area contributed by atoms with Gasteiger partial charge in [0.05, 0.1) is 11.2 Å². The van der Waals surface area contributed by atoms with Crippen LogP contribution < -0.4 is 10.6 Å². The highest BCUT2D eigenvalue weighted by Crippen LogP contribution is 2.23. The summed E-state index contributed by atoms with van der Waals surface area (Å²) in [6.45, 7) is 7.31. The van der Waals surface area contributed by atoms with Crippen LogP contribution in [0, 0.1) is 5.82 Å². The summed E-state index contributed by atoms with van der Waals surface area (Å²) in [5.74, 6) is -0.609. The molecule has 24 heavy (non-hydrogen) atoms. The molecule has 1 heterocycles. The van der Waals surface area contributed by atoms with Crippen LogP contribution in [0.3, 0.4) is 0 Å². The van der Waals surface area contributed by atoms with E-state index in [1.54, 1.807) is 24.0 Å². The Morgan fingerprint density at radius 1 is 1.25 bits per heavy atom. The number of nitrogens with zero attached hydrogens (tertiary/aromatic N) is 2. The quantitative estimate of drug-likeness (QED) is 0.838. The molecule has 1 aromatic rings.